The smallest absolute Gasteiger partial charge is 0.0912 e. The third kappa shape index (κ3) is 2.76. The number of benzene rings is 1. The Morgan fingerprint density at radius 2 is 1.94 bits per heavy atom. The number of hydrogen-bond donors (Lipinski definition) is 2. The summed E-state index contributed by atoms with van der Waals surface area (Å²) in [4.78, 5) is 0. The van der Waals surface area contributed by atoms with E-state index in [9.17, 15) is 5.11 Å². The Hall–Kier alpha value is -0.280. The molecule has 0 aliphatic heterocycles. The van der Waals surface area contributed by atoms with Crippen LogP contribution in [-0.2, 0) is 5.60 Å². The van der Waals surface area contributed by atoms with E-state index in [1.165, 1.54) is 0 Å². The molecule has 2 rings (SSSR count). The summed E-state index contributed by atoms with van der Waals surface area (Å²) in [5.74, 6) is 0. The predicted octanol–water partition coefficient (Wildman–Crippen LogP) is 3.34. The SMILES string of the molecule is CNC1CCC(O)(c2cc(Cl)ccc2Cl)CC1. The largest absolute Gasteiger partial charge is 0.385 e. The van der Waals surface area contributed by atoms with E-state index in [0.29, 0.717) is 16.1 Å². The molecule has 1 aliphatic carbocycles. The molecule has 0 heterocycles. The number of hydrogen-bond acceptors (Lipinski definition) is 2. The summed E-state index contributed by atoms with van der Waals surface area (Å²) in [5.41, 5.74) is -0.0591. The topological polar surface area (TPSA) is 32.3 Å². The fraction of sp³-hybridized carbons (Fsp3) is 0.538. The lowest BCUT2D eigenvalue weighted by Crippen LogP contribution is -2.38. The second-order valence-electron chi connectivity index (χ2n) is 4.72. The minimum absolute atomic E-state index is 0.494. The Kier molecular flexibility index (Phi) is 3.99. The van der Waals surface area contributed by atoms with Gasteiger partial charge in [-0.1, -0.05) is 23.2 Å². The lowest BCUT2D eigenvalue weighted by atomic mass is 9.78. The summed E-state index contributed by atoms with van der Waals surface area (Å²) in [6.07, 6.45) is 3.35. The van der Waals surface area contributed by atoms with Gasteiger partial charge < -0.3 is 10.4 Å². The normalized spacial score (nSPS) is 29.3. The van der Waals surface area contributed by atoms with Crippen molar-refractivity contribution in [2.75, 3.05) is 7.05 Å². The van der Waals surface area contributed by atoms with Gasteiger partial charge in [0.15, 0.2) is 0 Å². The van der Waals surface area contributed by atoms with Crippen LogP contribution in [0.3, 0.4) is 0 Å². The quantitative estimate of drug-likeness (QED) is 0.866. The molecule has 94 valence electrons. The summed E-state index contributed by atoms with van der Waals surface area (Å²) in [6.45, 7) is 0. The van der Waals surface area contributed by atoms with Crippen molar-refractivity contribution in [1.82, 2.24) is 5.32 Å². The third-order valence-electron chi connectivity index (χ3n) is 3.65. The van der Waals surface area contributed by atoms with Gasteiger partial charge in [0.1, 0.15) is 0 Å². The highest BCUT2D eigenvalue weighted by Gasteiger charge is 2.35. The van der Waals surface area contributed by atoms with Gasteiger partial charge in [-0.2, -0.15) is 0 Å². The van der Waals surface area contributed by atoms with Gasteiger partial charge in [0.25, 0.3) is 0 Å². The summed E-state index contributed by atoms with van der Waals surface area (Å²) in [7, 11) is 1.96. The Morgan fingerprint density at radius 1 is 1.29 bits per heavy atom. The molecule has 1 aromatic carbocycles. The maximum absolute atomic E-state index is 10.7. The second kappa shape index (κ2) is 5.15. The van der Waals surface area contributed by atoms with Crippen LogP contribution in [0, 0.1) is 0 Å². The second-order valence-corrected chi connectivity index (χ2v) is 5.56. The van der Waals surface area contributed by atoms with Crippen molar-refractivity contribution in [3.63, 3.8) is 0 Å². The molecule has 0 atom stereocenters. The molecule has 1 fully saturated rings. The van der Waals surface area contributed by atoms with E-state index in [-0.39, 0.29) is 0 Å². The van der Waals surface area contributed by atoms with Gasteiger partial charge in [-0.3, -0.25) is 0 Å². The molecule has 0 bridgehead atoms. The van der Waals surface area contributed by atoms with Crippen LogP contribution in [0.4, 0.5) is 0 Å². The fourth-order valence-corrected chi connectivity index (χ4v) is 2.97. The molecule has 0 unspecified atom stereocenters. The summed E-state index contributed by atoms with van der Waals surface area (Å²) in [6, 6.07) is 5.77. The number of aliphatic hydroxyl groups is 1. The van der Waals surface area contributed by atoms with Crippen LogP contribution >= 0.6 is 23.2 Å². The first-order valence-corrected chi connectivity index (χ1v) is 6.66. The van der Waals surface area contributed by atoms with Crippen LogP contribution in [-0.4, -0.2) is 18.2 Å². The first-order valence-electron chi connectivity index (χ1n) is 5.90. The number of rotatable bonds is 2. The molecule has 0 saturated heterocycles. The minimum Gasteiger partial charge on any atom is -0.385 e. The minimum atomic E-state index is -0.824. The van der Waals surface area contributed by atoms with Gasteiger partial charge >= 0.3 is 0 Å². The lowest BCUT2D eigenvalue weighted by Gasteiger charge is -2.36. The van der Waals surface area contributed by atoms with E-state index in [2.05, 4.69) is 5.32 Å². The first-order chi connectivity index (χ1) is 8.05. The number of nitrogens with one attached hydrogen (secondary N) is 1. The van der Waals surface area contributed by atoms with E-state index in [1.54, 1.807) is 18.2 Å². The van der Waals surface area contributed by atoms with Crippen LogP contribution in [0.25, 0.3) is 0 Å². The van der Waals surface area contributed by atoms with Gasteiger partial charge in [0.2, 0.25) is 0 Å². The Labute approximate surface area is 112 Å². The average molecular weight is 274 g/mol. The van der Waals surface area contributed by atoms with Crippen molar-refractivity contribution in [1.29, 1.82) is 0 Å². The number of halogens is 2. The molecule has 0 aromatic heterocycles. The van der Waals surface area contributed by atoms with Gasteiger partial charge in [-0.05, 0) is 50.9 Å². The summed E-state index contributed by atoms with van der Waals surface area (Å²) in [5, 5.41) is 15.2. The van der Waals surface area contributed by atoms with Crippen molar-refractivity contribution in [3.05, 3.63) is 33.8 Å². The molecule has 2 N–H and O–H groups in total. The van der Waals surface area contributed by atoms with E-state index in [4.69, 9.17) is 23.2 Å². The molecular formula is C13H17Cl2NO. The average Bonchev–Trinajstić information content (AvgIpc) is 2.33. The molecule has 1 aliphatic rings. The van der Waals surface area contributed by atoms with Gasteiger partial charge in [0, 0.05) is 21.7 Å². The monoisotopic (exact) mass is 273 g/mol. The zero-order valence-electron chi connectivity index (χ0n) is 9.84. The maximum atomic E-state index is 10.7. The highest BCUT2D eigenvalue weighted by molar-refractivity contribution is 6.33. The van der Waals surface area contributed by atoms with Crippen LogP contribution in [0.5, 0.6) is 0 Å². The van der Waals surface area contributed by atoms with Crippen LogP contribution < -0.4 is 5.32 Å². The van der Waals surface area contributed by atoms with Crippen LogP contribution in [0.2, 0.25) is 10.0 Å². The van der Waals surface area contributed by atoms with Crippen LogP contribution in [0.1, 0.15) is 31.2 Å². The molecule has 0 amide bonds. The molecule has 0 spiro atoms. The Morgan fingerprint density at radius 3 is 2.53 bits per heavy atom. The van der Waals surface area contributed by atoms with Gasteiger partial charge in [0.05, 0.1) is 5.60 Å². The van der Waals surface area contributed by atoms with E-state index in [1.807, 2.05) is 7.05 Å². The molecule has 2 nitrogen and oxygen atoms in total. The predicted molar refractivity (Wildman–Crippen MR) is 71.7 cm³/mol. The molecular weight excluding hydrogens is 257 g/mol. The zero-order chi connectivity index (χ0) is 12.5. The zero-order valence-corrected chi connectivity index (χ0v) is 11.4. The lowest BCUT2D eigenvalue weighted by molar-refractivity contribution is -0.00752. The molecule has 17 heavy (non-hydrogen) atoms. The van der Waals surface area contributed by atoms with Crippen molar-refractivity contribution < 1.29 is 5.11 Å². The molecule has 4 heteroatoms. The molecule has 1 aromatic rings. The molecule has 0 radical (unpaired) electrons. The van der Waals surface area contributed by atoms with E-state index >= 15 is 0 Å². The van der Waals surface area contributed by atoms with Crippen molar-refractivity contribution in [3.8, 4) is 0 Å². The maximum Gasteiger partial charge on any atom is 0.0912 e. The van der Waals surface area contributed by atoms with Crippen molar-refractivity contribution in [2.24, 2.45) is 0 Å². The Balaban J connectivity index is 2.24. The van der Waals surface area contributed by atoms with E-state index < -0.39 is 5.60 Å². The Bertz CT molecular complexity index is 400. The highest BCUT2D eigenvalue weighted by atomic mass is 35.5. The third-order valence-corrected chi connectivity index (χ3v) is 4.22. The van der Waals surface area contributed by atoms with E-state index in [0.717, 1.165) is 31.2 Å². The fourth-order valence-electron chi connectivity index (χ4n) is 2.51. The molecule has 1 saturated carbocycles. The van der Waals surface area contributed by atoms with Crippen molar-refractivity contribution in [2.45, 2.75) is 37.3 Å². The first kappa shape index (κ1) is 13.2. The summed E-state index contributed by atoms with van der Waals surface area (Å²) < 4.78 is 0. The van der Waals surface area contributed by atoms with Crippen LogP contribution in [0.15, 0.2) is 18.2 Å². The van der Waals surface area contributed by atoms with Gasteiger partial charge in [-0.25, -0.2) is 0 Å². The summed E-state index contributed by atoms with van der Waals surface area (Å²) >= 11 is 12.1. The standard InChI is InChI=1S/C13H17Cl2NO/c1-16-10-4-6-13(17,7-5-10)11-8-9(14)2-3-12(11)15/h2-3,8,10,16-17H,4-7H2,1H3. The van der Waals surface area contributed by atoms with Crippen molar-refractivity contribution >= 4 is 23.2 Å². The highest BCUT2D eigenvalue weighted by Crippen LogP contribution is 2.40. The van der Waals surface area contributed by atoms with Gasteiger partial charge in [-0.15, -0.1) is 0 Å².